The summed E-state index contributed by atoms with van der Waals surface area (Å²) >= 11 is 0. The maximum absolute atomic E-state index is 12.9. The van der Waals surface area contributed by atoms with Gasteiger partial charge in [-0.25, -0.2) is 4.79 Å². The summed E-state index contributed by atoms with van der Waals surface area (Å²) < 4.78 is 22.9. The molecule has 0 spiro atoms. The van der Waals surface area contributed by atoms with Crippen LogP contribution in [0.1, 0.15) is 296 Å². The summed E-state index contributed by atoms with van der Waals surface area (Å²) in [5, 5.41) is 9.71. The van der Waals surface area contributed by atoms with Crippen LogP contribution in [-0.4, -0.2) is 87.4 Å². The third kappa shape index (κ3) is 62.2. The molecule has 0 aromatic heterocycles. The lowest BCUT2D eigenvalue weighted by Gasteiger charge is -2.25. The van der Waals surface area contributed by atoms with Crippen LogP contribution in [0, 0.1) is 0 Å². The molecule has 79 heavy (non-hydrogen) atoms. The summed E-state index contributed by atoms with van der Waals surface area (Å²) in [4.78, 5) is 37.4. The Bertz CT molecular complexity index is 1520. The summed E-state index contributed by atoms with van der Waals surface area (Å²) in [6, 6.07) is 0. The molecule has 0 radical (unpaired) electrons. The van der Waals surface area contributed by atoms with Gasteiger partial charge in [0.15, 0.2) is 6.10 Å². The minimum Gasteiger partial charge on any atom is -0.477 e. The molecule has 0 aliphatic carbocycles. The Morgan fingerprint density at radius 2 is 0.722 bits per heavy atom. The lowest BCUT2D eigenvalue weighted by Crippen LogP contribution is -2.40. The first-order valence-electron chi connectivity index (χ1n) is 33.1. The molecule has 0 aliphatic heterocycles. The van der Waals surface area contributed by atoms with Gasteiger partial charge >= 0.3 is 17.9 Å². The van der Waals surface area contributed by atoms with E-state index >= 15 is 0 Å². The van der Waals surface area contributed by atoms with E-state index in [0.717, 1.165) is 89.9 Å². The number of carbonyl (C=O) groups is 3. The summed E-state index contributed by atoms with van der Waals surface area (Å²) in [7, 11) is 5.97. The zero-order valence-electron chi connectivity index (χ0n) is 52.3. The smallest absolute Gasteiger partial charge is 0.361 e. The number of esters is 2. The molecular formula is C70H126NO8+. The fourth-order valence-electron chi connectivity index (χ4n) is 9.39. The zero-order chi connectivity index (χ0) is 57.6. The van der Waals surface area contributed by atoms with E-state index in [9.17, 15) is 19.5 Å². The number of carboxylic acids is 1. The van der Waals surface area contributed by atoms with Gasteiger partial charge in [-0.3, -0.25) is 9.59 Å². The van der Waals surface area contributed by atoms with Crippen LogP contribution >= 0.6 is 0 Å². The zero-order valence-corrected chi connectivity index (χ0v) is 52.3. The molecule has 0 aromatic rings. The van der Waals surface area contributed by atoms with Gasteiger partial charge in [0.1, 0.15) is 13.2 Å². The number of carbonyl (C=O) groups excluding carboxylic acids is 2. The number of carboxylic acid groups (broad SMARTS) is 1. The third-order valence-electron chi connectivity index (χ3n) is 14.4. The highest BCUT2D eigenvalue weighted by molar-refractivity contribution is 5.71. The molecule has 9 heteroatoms. The first-order chi connectivity index (χ1) is 38.6. The number of aliphatic carboxylic acids is 1. The molecule has 0 aromatic carbocycles. The van der Waals surface area contributed by atoms with Crippen LogP contribution in [-0.2, 0) is 33.3 Å². The Morgan fingerprint density at radius 3 is 1.09 bits per heavy atom. The van der Waals surface area contributed by atoms with Crippen molar-refractivity contribution >= 4 is 17.9 Å². The monoisotopic (exact) mass is 1110 g/mol. The Hall–Kier alpha value is -3.27. The lowest BCUT2D eigenvalue weighted by atomic mass is 10.0. The van der Waals surface area contributed by atoms with Crippen LogP contribution in [0.15, 0.2) is 72.9 Å². The maximum atomic E-state index is 12.9. The van der Waals surface area contributed by atoms with E-state index in [2.05, 4.69) is 86.8 Å². The van der Waals surface area contributed by atoms with Crippen molar-refractivity contribution in [1.82, 2.24) is 0 Å². The van der Waals surface area contributed by atoms with Gasteiger partial charge in [-0.2, -0.15) is 0 Å². The molecule has 0 saturated heterocycles. The number of allylic oxidation sites excluding steroid dienone is 12. The summed E-state index contributed by atoms with van der Waals surface area (Å²) in [6.07, 6.45) is 77.4. The fourth-order valence-corrected chi connectivity index (χ4v) is 9.39. The van der Waals surface area contributed by atoms with Crippen molar-refractivity contribution in [3.05, 3.63) is 72.9 Å². The van der Waals surface area contributed by atoms with Crippen molar-refractivity contribution in [3.63, 3.8) is 0 Å². The van der Waals surface area contributed by atoms with Gasteiger partial charge in [0, 0.05) is 12.8 Å². The lowest BCUT2D eigenvalue weighted by molar-refractivity contribution is -0.870. The number of unbranched alkanes of at least 4 members (excludes halogenated alkanes) is 34. The second-order valence-corrected chi connectivity index (χ2v) is 23.4. The molecule has 0 rings (SSSR count). The standard InChI is InChI=1S/C70H125NO8/c1-6-8-10-12-14-16-18-20-22-23-24-25-26-27-28-29-30-31-32-33-34-35-36-37-38-39-40-41-42-43-44-45-47-49-51-53-55-57-59-61-68(73)79-66(65-78-70(69(74)75)76-63-62-71(3,4)5)64-77-67(72)60-58-56-54-52-50-48-46-21-19-17-15-13-11-9-7-2/h8,10,14,16,20-22,24-25,27-28,46,66,70H,6-7,9,11-13,15,17-19,23,26,29-45,47-65H2,1-5H3/p+1/b10-8-,16-14-,22-20-,25-24-,28-27-,46-21-. The predicted octanol–water partition coefficient (Wildman–Crippen LogP) is 20.1. The normalized spacial score (nSPS) is 13.2. The van der Waals surface area contributed by atoms with E-state index in [-0.39, 0.29) is 32.2 Å². The van der Waals surface area contributed by atoms with Crippen LogP contribution in [0.5, 0.6) is 0 Å². The van der Waals surface area contributed by atoms with Gasteiger partial charge in [0.05, 0.1) is 34.4 Å². The van der Waals surface area contributed by atoms with Crippen molar-refractivity contribution in [2.75, 3.05) is 47.5 Å². The molecule has 1 N–H and O–H groups in total. The SMILES string of the molecule is CC/C=C\C/C=C\C/C=C\C/C=C\C/C=C\CCCCCCCCCCCCCCCCCCCCCCCCCC(=O)OC(COC(=O)CCCCCCC/C=C\CCCCCCCC)COC(OCC[N+](C)(C)C)C(=O)O. The van der Waals surface area contributed by atoms with Gasteiger partial charge in [-0.15, -0.1) is 0 Å². The molecule has 9 nitrogen and oxygen atoms in total. The predicted molar refractivity (Wildman–Crippen MR) is 336 cm³/mol. The molecule has 0 aliphatic rings. The number of rotatable bonds is 61. The van der Waals surface area contributed by atoms with Crippen molar-refractivity contribution in [2.45, 2.75) is 309 Å². The molecular weight excluding hydrogens is 983 g/mol. The maximum Gasteiger partial charge on any atom is 0.361 e. The quantitative estimate of drug-likeness (QED) is 0.0211. The average Bonchev–Trinajstić information content (AvgIpc) is 3.42. The second kappa shape index (κ2) is 60.8. The van der Waals surface area contributed by atoms with E-state index in [1.165, 1.54) is 180 Å². The van der Waals surface area contributed by atoms with Crippen molar-refractivity contribution in [3.8, 4) is 0 Å². The van der Waals surface area contributed by atoms with Crippen molar-refractivity contribution < 1.29 is 42.9 Å². The van der Waals surface area contributed by atoms with Crippen LogP contribution in [0.2, 0.25) is 0 Å². The molecule has 0 fully saturated rings. The largest absolute Gasteiger partial charge is 0.477 e. The average molecular weight is 1110 g/mol. The van der Waals surface area contributed by atoms with E-state index in [1.807, 2.05) is 21.1 Å². The van der Waals surface area contributed by atoms with Crippen molar-refractivity contribution in [2.24, 2.45) is 0 Å². The first kappa shape index (κ1) is 75.7. The third-order valence-corrected chi connectivity index (χ3v) is 14.4. The fraction of sp³-hybridized carbons (Fsp3) is 0.786. The number of ether oxygens (including phenoxy) is 4. The second-order valence-electron chi connectivity index (χ2n) is 23.4. The van der Waals surface area contributed by atoms with Crippen molar-refractivity contribution in [1.29, 1.82) is 0 Å². The summed E-state index contributed by atoms with van der Waals surface area (Å²) in [6.45, 7) is 4.78. The van der Waals surface area contributed by atoms with Crippen LogP contribution in [0.3, 0.4) is 0 Å². The van der Waals surface area contributed by atoms with E-state index in [4.69, 9.17) is 18.9 Å². The minimum absolute atomic E-state index is 0.184. The van der Waals surface area contributed by atoms with Gasteiger partial charge in [0.2, 0.25) is 0 Å². The highest BCUT2D eigenvalue weighted by Crippen LogP contribution is 2.17. The Labute approximate surface area is 487 Å². The van der Waals surface area contributed by atoms with Gasteiger partial charge in [-0.05, 0) is 83.5 Å². The molecule has 0 heterocycles. The molecule has 2 unspecified atom stereocenters. The van der Waals surface area contributed by atoms with E-state index < -0.39 is 24.3 Å². The van der Waals surface area contributed by atoms with Gasteiger partial charge in [0.25, 0.3) is 6.29 Å². The molecule has 0 saturated carbocycles. The van der Waals surface area contributed by atoms with E-state index in [0.29, 0.717) is 17.4 Å². The number of likely N-dealkylation sites (N-methyl/N-ethyl adjacent to an activating group) is 1. The molecule has 2 atom stereocenters. The molecule has 458 valence electrons. The number of quaternary nitrogens is 1. The van der Waals surface area contributed by atoms with Crippen LogP contribution in [0.25, 0.3) is 0 Å². The number of hydrogen-bond donors (Lipinski definition) is 1. The molecule has 0 amide bonds. The van der Waals surface area contributed by atoms with Crippen LogP contribution < -0.4 is 0 Å². The van der Waals surface area contributed by atoms with Crippen LogP contribution in [0.4, 0.5) is 0 Å². The summed E-state index contributed by atoms with van der Waals surface area (Å²) in [5.41, 5.74) is 0. The highest BCUT2D eigenvalue weighted by Gasteiger charge is 2.25. The summed E-state index contributed by atoms with van der Waals surface area (Å²) in [5.74, 6) is -2.00. The van der Waals surface area contributed by atoms with Gasteiger partial charge < -0.3 is 28.5 Å². The van der Waals surface area contributed by atoms with Gasteiger partial charge in [-0.1, -0.05) is 273 Å². The first-order valence-corrected chi connectivity index (χ1v) is 33.1. The Balaban J connectivity index is 3.98. The highest BCUT2D eigenvalue weighted by atomic mass is 16.7. The van der Waals surface area contributed by atoms with E-state index in [1.54, 1.807) is 0 Å². The minimum atomic E-state index is -1.51. The Morgan fingerprint density at radius 1 is 0.392 bits per heavy atom. The number of hydrogen-bond acceptors (Lipinski definition) is 7. The topological polar surface area (TPSA) is 108 Å². The number of nitrogens with zero attached hydrogens (tertiary/aromatic N) is 1. The molecule has 0 bridgehead atoms. The Kier molecular flexibility index (Phi) is 58.3.